The zero-order valence-corrected chi connectivity index (χ0v) is 7.88. The van der Waals surface area contributed by atoms with Crippen LogP contribution in [-0.2, 0) is 6.54 Å². The fourth-order valence-electron chi connectivity index (χ4n) is 1.27. The van der Waals surface area contributed by atoms with E-state index in [2.05, 4.69) is 10.1 Å². The third-order valence-electron chi connectivity index (χ3n) is 2.01. The van der Waals surface area contributed by atoms with E-state index in [0.717, 1.165) is 17.7 Å². The maximum atomic E-state index is 9.25. The second-order valence-electron chi connectivity index (χ2n) is 3.02. The second kappa shape index (κ2) is 3.49. The third-order valence-corrected chi connectivity index (χ3v) is 2.01. The van der Waals surface area contributed by atoms with E-state index in [0.29, 0.717) is 0 Å². The van der Waals surface area contributed by atoms with Gasteiger partial charge in [-0.1, -0.05) is 0 Å². The molecule has 0 bridgehead atoms. The lowest BCUT2D eigenvalue weighted by atomic mass is 10.2. The second-order valence-corrected chi connectivity index (χ2v) is 3.02. The summed E-state index contributed by atoms with van der Waals surface area (Å²) in [4.78, 5) is 3.91. The lowest BCUT2D eigenvalue weighted by Crippen LogP contribution is -1.91. The molecule has 0 aliphatic rings. The summed E-state index contributed by atoms with van der Waals surface area (Å²) in [6.45, 7) is 2.86. The zero-order valence-electron chi connectivity index (χ0n) is 7.88. The highest BCUT2D eigenvalue weighted by Gasteiger charge is 2.01. The van der Waals surface area contributed by atoms with Gasteiger partial charge < -0.3 is 5.11 Å². The molecular weight excluding hydrogens is 178 g/mol. The number of hydrogen-bond donors (Lipinski definition) is 1. The molecule has 2 aromatic heterocycles. The molecule has 0 saturated carbocycles. The molecule has 2 rings (SSSR count). The van der Waals surface area contributed by atoms with Crippen LogP contribution >= 0.6 is 0 Å². The van der Waals surface area contributed by atoms with Gasteiger partial charge in [-0.15, -0.1) is 0 Å². The van der Waals surface area contributed by atoms with E-state index >= 15 is 0 Å². The Morgan fingerprint density at radius 3 is 2.79 bits per heavy atom. The quantitative estimate of drug-likeness (QED) is 0.781. The average molecular weight is 189 g/mol. The number of aryl methyl sites for hydroxylation is 1. The molecule has 4 nitrogen and oxygen atoms in total. The highest BCUT2D eigenvalue weighted by molar-refractivity contribution is 5.61. The number of nitrogens with zero attached hydrogens (tertiary/aromatic N) is 3. The normalized spacial score (nSPS) is 10.4. The summed E-state index contributed by atoms with van der Waals surface area (Å²) in [5.41, 5.74) is 1.85. The van der Waals surface area contributed by atoms with Crippen LogP contribution in [0.1, 0.15) is 6.92 Å². The van der Waals surface area contributed by atoms with Crippen LogP contribution in [0.25, 0.3) is 11.1 Å². The fraction of sp³-hybridized carbons (Fsp3) is 0.200. The van der Waals surface area contributed by atoms with Gasteiger partial charge in [0.05, 0.1) is 12.4 Å². The van der Waals surface area contributed by atoms with Crippen molar-refractivity contribution in [3.63, 3.8) is 0 Å². The van der Waals surface area contributed by atoms with Gasteiger partial charge in [-0.3, -0.25) is 9.67 Å². The van der Waals surface area contributed by atoms with Crippen molar-refractivity contribution in [1.82, 2.24) is 14.8 Å². The van der Waals surface area contributed by atoms with Crippen molar-refractivity contribution in [2.75, 3.05) is 0 Å². The van der Waals surface area contributed by atoms with Crippen molar-refractivity contribution in [1.29, 1.82) is 0 Å². The molecule has 2 aromatic rings. The number of aromatic nitrogens is 3. The molecule has 0 aromatic carbocycles. The van der Waals surface area contributed by atoms with Crippen molar-refractivity contribution in [2.24, 2.45) is 0 Å². The van der Waals surface area contributed by atoms with Crippen molar-refractivity contribution in [2.45, 2.75) is 13.5 Å². The standard InChI is InChI=1S/C10H11N3O/c1-2-13-7-9(5-12-13)8-3-10(14)6-11-4-8/h3-7,14H,2H2,1H3. The molecular formula is C10H11N3O. The molecule has 0 aliphatic carbocycles. The number of hydrogen-bond acceptors (Lipinski definition) is 3. The van der Waals surface area contributed by atoms with E-state index in [1.807, 2.05) is 17.8 Å². The van der Waals surface area contributed by atoms with Gasteiger partial charge >= 0.3 is 0 Å². The molecule has 0 spiro atoms. The zero-order chi connectivity index (χ0) is 9.97. The van der Waals surface area contributed by atoms with Crippen LogP contribution in [-0.4, -0.2) is 19.9 Å². The van der Waals surface area contributed by atoms with Crippen LogP contribution in [0.3, 0.4) is 0 Å². The minimum atomic E-state index is 0.173. The van der Waals surface area contributed by atoms with Gasteiger partial charge in [0.1, 0.15) is 5.75 Å². The SMILES string of the molecule is CCn1cc(-c2cncc(O)c2)cn1. The Hall–Kier alpha value is -1.84. The van der Waals surface area contributed by atoms with Gasteiger partial charge in [0.15, 0.2) is 0 Å². The molecule has 2 heterocycles. The molecule has 0 amide bonds. The lowest BCUT2D eigenvalue weighted by molar-refractivity contribution is 0.473. The first-order chi connectivity index (χ1) is 6.79. The van der Waals surface area contributed by atoms with Crippen LogP contribution < -0.4 is 0 Å². The molecule has 0 atom stereocenters. The van der Waals surface area contributed by atoms with Crippen molar-refractivity contribution in [3.05, 3.63) is 30.9 Å². The Morgan fingerprint density at radius 1 is 1.29 bits per heavy atom. The molecule has 0 fully saturated rings. The maximum Gasteiger partial charge on any atom is 0.134 e. The Bertz CT molecular complexity index is 436. The molecule has 4 heteroatoms. The predicted molar refractivity (Wildman–Crippen MR) is 52.8 cm³/mol. The van der Waals surface area contributed by atoms with E-state index in [1.54, 1.807) is 18.5 Å². The molecule has 0 saturated heterocycles. The van der Waals surface area contributed by atoms with Crippen LogP contribution in [0.4, 0.5) is 0 Å². The first-order valence-corrected chi connectivity index (χ1v) is 4.46. The largest absolute Gasteiger partial charge is 0.506 e. The van der Waals surface area contributed by atoms with Crippen LogP contribution in [0.2, 0.25) is 0 Å². The van der Waals surface area contributed by atoms with Crippen molar-refractivity contribution in [3.8, 4) is 16.9 Å². The average Bonchev–Trinajstić information content (AvgIpc) is 2.66. The Morgan fingerprint density at radius 2 is 2.14 bits per heavy atom. The number of rotatable bonds is 2. The van der Waals surface area contributed by atoms with Gasteiger partial charge in [-0.2, -0.15) is 5.10 Å². The Kier molecular flexibility index (Phi) is 2.18. The fourth-order valence-corrected chi connectivity index (χ4v) is 1.27. The van der Waals surface area contributed by atoms with Crippen molar-refractivity contribution < 1.29 is 5.11 Å². The van der Waals surface area contributed by atoms with Crippen LogP contribution in [0.15, 0.2) is 30.9 Å². The summed E-state index contributed by atoms with van der Waals surface area (Å²) in [6.07, 6.45) is 6.81. The summed E-state index contributed by atoms with van der Waals surface area (Å²) >= 11 is 0. The summed E-state index contributed by atoms with van der Waals surface area (Å²) < 4.78 is 1.83. The highest BCUT2D eigenvalue weighted by Crippen LogP contribution is 2.20. The molecule has 0 radical (unpaired) electrons. The van der Waals surface area contributed by atoms with Crippen molar-refractivity contribution >= 4 is 0 Å². The summed E-state index contributed by atoms with van der Waals surface area (Å²) in [5.74, 6) is 0.173. The minimum absolute atomic E-state index is 0.173. The van der Waals surface area contributed by atoms with E-state index in [1.165, 1.54) is 6.20 Å². The van der Waals surface area contributed by atoms with Gasteiger partial charge in [0.25, 0.3) is 0 Å². The highest BCUT2D eigenvalue weighted by atomic mass is 16.3. The Balaban J connectivity index is 2.39. The third kappa shape index (κ3) is 1.59. The van der Waals surface area contributed by atoms with E-state index in [4.69, 9.17) is 0 Å². The molecule has 72 valence electrons. The summed E-state index contributed by atoms with van der Waals surface area (Å²) in [6, 6.07) is 1.67. The summed E-state index contributed by atoms with van der Waals surface area (Å²) in [7, 11) is 0. The van der Waals surface area contributed by atoms with Gasteiger partial charge in [0.2, 0.25) is 0 Å². The predicted octanol–water partition coefficient (Wildman–Crippen LogP) is 1.67. The van der Waals surface area contributed by atoms with Gasteiger partial charge in [-0.25, -0.2) is 0 Å². The maximum absolute atomic E-state index is 9.25. The molecule has 1 N–H and O–H groups in total. The smallest absolute Gasteiger partial charge is 0.134 e. The lowest BCUT2D eigenvalue weighted by Gasteiger charge is -1.96. The van der Waals surface area contributed by atoms with E-state index in [-0.39, 0.29) is 5.75 Å². The first kappa shape index (κ1) is 8.74. The van der Waals surface area contributed by atoms with E-state index < -0.39 is 0 Å². The van der Waals surface area contributed by atoms with Gasteiger partial charge in [-0.05, 0) is 13.0 Å². The minimum Gasteiger partial charge on any atom is -0.506 e. The molecule has 0 unspecified atom stereocenters. The number of pyridine rings is 1. The molecule has 14 heavy (non-hydrogen) atoms. The van der Waals surface area contributed by atoms with Gasteiger partial charge in [0, 0.05) is 30.1 Å². The van der Waals surface area contributed by atoms with E-state index in [9.17, 15) is 5.11 Å². The van der Waals surface area contributed by atoms with Crippen LogP contribution in [0, 0.1) is 0 Å². The van der Waals surface area contributed by atoms with Crippen LogP contribution in [0.5, 0.6) is 5.75 Å². The topological polar surface area (TPSA) is 50.9 Å². The molecule has 0 aliphatic heterocycles. The monoisotopic (exact) mass is 189 g/mol. The Labute approximate surface area is 81.8 Å². The number of aromatic hydroxyl groups is 1. The summed E-state index contributed by atoms with van der Waals surface area (Å²) in [5, 5.41) is 13.4. The first-order valence-electron chi connectivity index (χ1n) is 4.46.